The first kappa shape index (κ1) is 16.8. The molecular weight excluding hydrogens is 289 g/mol. The molecule has 6 nitrogen and oxygen atoms in total. The van der Waals surface area contributed by atoms with Crippen molar-refractivity contribution in [3.05, 3.63) is 39.7 Å². The fraction of sp³-hybridized carbons (Fsp3) is 0.600. The van der Waals surface area contributed by atoms with Crippen molar-refractivity contribution in [2.45, 2.75) is 19.9 Å². The number of nitrogens with zero attached hydrogens (tertiary/aromatic N) is 2. The first-order chi connectivity index (χ1) is 10.4. The summed E-state index contributed by atoms with van der Waals surface area (Å²) < 4.78 is 13.4. The van der Waals surface area contributed by atoms with Gasteiger partial charge in [0.15, 0.2) is 0 Å². The van der Waals surface area contributed by atoms with Gasteiger partial charge in [0, 0.05) is 49.8 Å². The molecule has 0 spiro atoms. The van der Waals surface area contributed by atoms with Gasteiger partial charge in [-0.2, -0.15) is 0 Å². The molecule has 1 aromatic carbocycles. The normalized spacial score (nSPS) is 18.2. The predicted molar refractivity (Wildman–Crippen MR) is 81.1 cm³/mol. The summed E-state index contributed by atoms with van der Waals surface area (Å²) in [5.41, 5.74) is -0.364. The van der Waals surface area contributed by atoms with Crippen LogP contribution in [0.4, 0.5) is 10.1 Å². The van der Waals surface area contributed by atoms with Crippen molar-refractivity contribution < 1.29 is 14.4 Å². The van der Waals surface area contributed by atoms with Crippen molar-refractivity contribution in [1.29, 1.82) is 0 Å². The Morgan fingerprint density at radius 1 is 1.45 bits per heavy atom. The Bertz CT molecular complexity index is 545. The number of rotatable bonds is 5. The summed E-state index contributed by atoms with van der Waals surface area (Å²) in [6.07, 6.45) is 0. The standard InChI is InChI=1S/C15H22FN3O3/c1-15(2,10-20)14(18-7-5-17-6-8-18)12-4-3-11(16)9-13(12)19(21)22/h3-4,9,14,17,20H,5-8,10H2,1-2H3/t14-/m1/s1. The predicted octanol–water partition coefficient (Wildman–Crippen LogP) is 1.70. The van der Waals surface area contributed by atoms with Gasteiger partial charge in [0.2, 0.25) is 0 Å². The number of nitrogens with one attached hydrogen (secondary N) is 1. The zero-order valence-electron chi connectivity index (χ0n) is 12.9. The average Bonchev–Trinajstić information content (AvgIpc) is 2.49. The van der Waals surface area contributed by atoms with Crippen molar-refractivity contribution in [2.24, 2.45) is 5.41 Å². The molecule has 2 rings (SSSR count). The number of halogens is 1. The molecule has 1 saturated heterocycles. The largest absolute Gasteiger partial charge is 0.396 e. The van der Waals surface area contributed by atoms with Crippen molar-refractivity contribution >= 4 is 5.69 Å². The molecule has 0 saturated carbocycles. The van der Waals surface area contributed by atoms with E-state index < -0.39 is 16.2 Å². The average molecular weight is 311 g/mol. The smallest absolute Gasteiger partial charge is 0.277 e. The van der Waals surface area contributed by atoms with Crippen LogP contribution in [0.5, 0.6) is 0 Å². The fourth-order valence-corrected chi connectivity index (χ4v) is 3.04. The maximum atomic E-state index is 13.4. The van der Waals surface area contributed by atoms with Crippen LogP contribution in [0.2, 0.25) is 0 Å². The van der Waals surface area contributed by atoms with Crippen molar-refractivity contribution in [3.8, 4) is 0 Å². The summed E-state index contributed by atoms with van der Waals surface area (Å²) in [4.78, 5) is 12.9. The SMILES string of the molecule is CC(C)(CO)[C@@H](c1ccc(F)cc1[N+](=O)[O-])N1CCNCC1. The molecule has 0 amide bonds. The molecule has 1 aliphatic rings. The lowest BCUT2D eigenvalue weighted by Crippen LogP contribution is -2.49. The van der Waals surface area contributed by atoms with Crippen molar-refractivity contribution in [1.82, 2.24) is 10.2 Å². The van der Waals surface area contributed by atoms with Crippen LogP contribution in [0.3, 0.4) is 0 Å². The molecule has 2 N–H and O–H groups in total. The molecule has 0 unspecified atom stereocenters. The van der Waals surface area contributed by atoms with Crippen LogP contribution in [0, 0.1) is 21.3 Å². The topological polar surface area (TPSA) is 78.6 Å². The molecule has 0 aromatic heterocycles. The van der Waals surface area contributed by atoms with Crippen LogP contribution >= 0.6 is 0 Å². The lowest BCUT2D eigenvalue weighted by Gasteiger charge is -2.43. The van der Waals surface area contributed by atoms with Crippen LogP contribution in [0.25, 0.3) is 0 Å². The van der Waals surface area contributed by atoms with Gasteiger partial charge in [-0.15, -0.1) is 0 Å². The van der Waals surface area contributed by atoms with Crippen LogP contribution < -0.4 is 5.32 Å². The molecule has 22 heavy (non-hydrogen) atoms. The number of benzene rings is 1. The highest BCUT2D eigenvalue weighted by atomic mass is 19.1. The fourth-order valence-electron chi connectivity index (χ4n) is 3.04. The lowest BCUT2D eigenvalue weighted by atomic mass is 9.79. The molecule has 1 aromatic rings. The molecular formula is C15H22FN3O3. The third-order valence-corrected chi connectivity index (χ3v) is 4.15. The number of hydrogen-bond donors (Lipinski definition) is 2. The van der Waals surface area contributed by atoms with Gasteiger partial charge >= 0.3 is 0 Å². The van der Waals surface area contributed by atoms with Crippen molar-refractivity contribution in [3.63, 3.8) is 0 Å². The van der Waals surface area contributed by atoms with E-state index in [0.29, 0.717) is 5.56 Å². The molecule has 1 aliphatic heterocycles. The van der Waals surface area contributed by atoms with Gasteiger partial charge in [0.1, 0.15) is 5.82 Å². The number of piperazine rings is 1. The van der Waals surface area contributed by atoms with Crippen LogP contribution in [0.1, 0.15) is 25.5 Å². The van der Waals surface area contributed by atoms with E-state index in [1.807, 2.05) is 13.8 Å². The number of hydrogen-bond acceptors (Lipinski definition) is 5. The molecule has 1 fully saturated rings. The number of aliphatic hydroxyl groups is 1. The second-order valence-electron chi connectivity index (χ2n) is 6.30. The van der Waals surface area contributed by atoms with E-state index in [0.717, 1.165) is 32.2 Å². The van der Waals surface area contributed by atoms with E-state index in [1.165, 1.54) is 12.1 Å². The second-order valence-corrected chi connectivity index (χ2v) is 6.30. The van der Waals surface area contributed by atoms with E-state index in [2.05, 4.69) is 10.2 Å². The molecule has 0 radical (unpaired) electrons. The Hall–Kier alpha value is -1.57. The zero-order chi connectivity index (χ0) is 16.3. The number of nitro groups is 1. The summed E-state index contributed by atoms with van der Waals surface area (Å²) in [6.45, 7) is 6.64. The highest BCUT2D eigenvalue weighted by Crippen LogP contribution is 2.42. The maximum absolute atomic E-state index is 13.4. The van der Waals surface area contributed by atoms with Gasteiger partial charge in [-0.25, -0.2) is 4.39 Å². The van der Waals surface area contributed by atoms with Gasteiger partial charge in [-0.05, 0) is 12.1 Å². The molecule has 0 bridgehead atoms. The minimum absolute atomic E-state index is 0.115. The summed E-state index contributed by atoms with van der Waals surface area (Å²) >= 11 is 0. The Morgan fingerprint density at radius 3 is 2.64 bits per heavy atom. The van der Waals surface area contributed by atoms with E-state index in [9.17, 15) is 19.6 Å². The van der Waals surface area contributed by atoms with Gasteiger partial charge < -0.3 is 10.4 Å². The van der Waals surface area contributed by atoms with Crippen molar-refractivity contribution in [2.75, 3.05) is 32.8 Å². The van der Waals surface area contributed by atoms with E-state index in [1.54, 1.807) is 0 Å². The van der Waals surface area contributed by atoms with Gasteiger partial charge in [0.05, 0.1) is 11.0 Å². The number of nitro benzene ring substituents is 1. The summed E-state index contributed by atoms with van der Waals surface area (Å²) in [6, 6.07) is 3.32. The zero-order valence-corrected chi connectivity index (χ0v) is 12.9. The minimum Gasteiger partial charge on any atom is -0.396 e. The van der Waals surface area contributed by atoms with E-state index >= 15 is 0 Å². The van der Waals surface area contributed by atoms with Crippen LogP contribution in [0.15, 0.2) is 18.2 Å². The summed E-state index contributed by atoms with van der Waals surface area (Å²) in [5.74, 6) is -0.628. The maximum Gasteiger partial charge on any atom is 0.277 e. The van der Waals surface area contributed by atoms with Crippen LogP contribution in [-0.2, 0) is 0 Å². The second kappa shape index (κ2) is 6.68. The first-order valence-corrected chi connectivity index (χ1v) is 7.36. The summed E-state index contributed by atoms with van der Waals surface area (Å²) in [5, 5.41) is 24.3. The third-order valence-electron chi connectivity index (χ3n) is 4.15. The summed E-state index contributed by atoms with van der Waals surface area (Å²) in [7, 11) is 0. The lowest BCUT2D eigenvalue weighted by molar-refractivity contribution is -0.386. The quantitative estimate of drug-likeness (QED) is 0.639. The van der Waals surface area contributed by atoms with Crippen LogP contribution in [-0.4, -0.2) is 47.7 Å². The Balaban J connectivity index is 2.51. The number of aliphatic hydroxyl groups excluding tert-OH is 1. The minimum atomic E-state index is -0.628. The monoisotopic (exact) mass is 311 g/mol. The molecule has 1 atom stereocenters. The van der Waals surface area contributed by atoms with E-state index in [-0.39, 0.29) is 18.3 Å². The Kier molecular flexibility index (Phi) is 5.10. The first-order valence-electron chi connectivity index (χ1n) is 7.36. The Morgan fingerprint density at radius 2 is 2.09 bits per heavy atom. The van der Waals surface area contributed by atoms with Gasteiger partial charge in [-0.3, -0.25) is 15.0 Å². The van der Waals surface area contributed by atoms with Gasteiger partial charge in [0.25, 0.3) is 5.69 Å². The molecule has 0 aliphatic carbocycles. The highest BCUT2D eigenvalue weighted by Gasteiger charge is 2.39. The molecule has 1 heterocycles. The van der Waals surface area contributed by atoms with E-state index in [4.69, 9.17) is 0 Å². The third kappa shape index (κ3) is 3.43. The Labute approximate surface area is 129 Å². The highest BCUT2D eigenvalue weighted by molar-refractivity contribution is 5.43. The molecule has 122 valence electrons. The van der Waals surface area contributed by atoms with Gasteiger partial charge in [-0.1, -0.05) is 13.8 Å². The molecule has 7 heteroatoms.